The van der Waals surface area contributed by atoms with Crippen molar-refractivity contribution in [1.29, 1.82) is 0 Å². The SMILES string of the molecule is CC.CC.CSOc1cnc(-c2cnn(C)c2C(=O)OC(C)(C)C)nc1C.Cc1nc(-c2cnn(C)c2C(=O)OC(C)(C)C)ncc1Br. The molecule has 0 bridgehead atoms. The average molecular weight is 750 g/mol. The minimum atomic E-state index is -0.592. The molecule has 15 heteroatoms. The van der Waals surface area contributed by atoms with Gasteiger partial charge in [-0.3, -0.25) is 9.36 Å². The van der Waals surface area contributed by atoms with E-state index >= 15 is 0 Å². The number of carbonyl (C=O) groups excluding carboxylic acids is 2. The summed E-state index contributed by atoms with van der Waals surface area (Å²) in [5.41, 5.74) is 2.05. The molecule has 0 aliphatic carbocycles. The number of rotatable bonds is 6. The highest BCUT2D eigenvalue weighted by Gasteiger charge is 2.27. The third kappa shape index (κ3) is 12.0. The Bertz CT molecular complexity index is 1660. The fourth-order valence-electron chi connectivity index (χ4n) is 3.68. The summed E-state index contributed by atoms with van der Waals surface area (Å²) in [4.78, 5) is 42.1. The highest BCUT2D eigenvalue weighted by Crippen LogP contribution is 2.27. The van der Waals surface area contributed by atoms with Gasteiger partial charge in [-0.25, -0.2) is 29.5 Å². The number of esters is 2. The molecule has 0 atom stereocenters. The van der Waals surface area contributed by atoms with E-state index in [2.05, 4.69) is 46.1 Å². The molecule has 48 heavy (non-hydrogen) atoms. The van der Waals surface area contributed by atoms with Gasteiger partial charge >= 0.3 is 11.9 Å². The number of hydrogen-bond acceptors (Lipinski definition) is 12. The van der Waals surface area contributed by atoms with E-state index in [1.54, 1.807) is 38.9 Å². The van der Waals surface area contributed by atoms with E-state index in [4.69, 9.17) is 13.7 Å². The third-order valence-corrected chi connectivity index (χ3v) is 6.70. The van der Waals surface area contributed by atoms with Crippen molar-refractivity contribution < 1.29 is 23.2 Å². The summed E-state index contributed by atoms with van der Waals surface area (Å²) in [6, 6.07) is 0. The second-order valence-corrected chi connectivity index (χ2v) is 12.9. The molecular weight excluding hydrogens is 700 g/mol. The zero-order valence-corrected chi connectivity index (χ0v) is 33.1. The molecule has 0 saturated carbocycles. The summed E-state index contributed by atoms with van der Waals surface area (Å²) >= 11 is 4.58. The van der Waals surface area contributed by atoms with Crippen molar-refractivity contribution in [1.82, 2.24) is 39.5 Å². The Kier molecular flexibility index (Phi) is 16.4. The Morgan fingerprint density at radius 1 is 0.708 bits per heavy atom. The van der Waals surface area contributed by atoms with Crippen molar-refractivity contribution in [3.05, 3.63) is 52.0 Å². The molecule has 264 valence electrons. The van der Waals surface area contributed by atoms with Crippen molar-refractivity contribution in [3.8, 4) is 28.5 Å². The Morgan fingerprint density at radius 2 is 1.10 bits per heavy atom. The topological polar surface area (TPSA) is 149 Å². The molecule has 4 heterocycles. The van der Waals surface area contributed by atoms with Crippen LogP contribution in [-0.2, 0) is 23.6 Å². The van der Waals surface area contributed by atoms with Crippen LogP contribution in [0.15, 0.2) is 29.3 Å². The summed E-state index contributed by atoms with van der Waals surface area (Å²) in [5, 5.41) is 8.25. The molecule has 0 aliphatic heterocycles. The summed E-state index contributed by atoms with van der Waals surface area (Å²) in [6.45, 7) is 22.6. The molecule has 4 rings (SSSR count). The first-order chi connectivity index (χ1) is 22.4. The Labute approximate surface area is 297 Å². The number of hydrogen-bond donors (Lipinski definition) is 0. The molecule has 0 radical (unpaired) electrons. The monoisotopic (exact) mass is 748 g/mol. The van der Waals surface area contributed by atoms with E-state index < -0.39 is 23.1 Å². The predicted octanol–water partition coefficient (Wildman–Crippen LogP) is 7.75. The quantitative estimate of drug-likeness (QED) is 0.140. The Hall–Kier alpha value is -3.85. The first-order valence-electron chi connectivity index (χ1n) is 15.5. The molecule has 4 aromatic rings. The van der Waals surface area contributed by atoms with Crippen LogP contribution >= 0.6 is 28.0 Å². The highest BCUT2D eigenvalue weighted by molar-refractivity contribution is 9.10. The predicted molar refractivity (Wildman–Crippen MR) is 193 cm³/mol. The maximum Gasteiger partial charge on any atom is 0.357 e. The van der Waals surface area contributed by atoms with Gasteiger partial charge in [-0.1, -0.05) is 27.7 Å². The van der Waals surface area contributed by atoms with Crippen LogP contribution in [0.1, 0.15) is 102 Å². The van der Waals surface area contributed by atoms with E-state index in [0.29, 0.717) is 45.6 Å². The van der Waals surface area contributed by atoms with Gasteiger partial charge in [-0.15, -0.1) is 0 Å². The Balaban J connectivity index is 0.000000436. The van der Waals surface area contributed by atoms with Gasteiger partial charge < -0.3 is 13.7 Å². The maximum absolute atomic E-state index is 12.4. The molecular formula is C33H49BrN8O5S. The summed E-state index contributed by atoms with van der Waals surface area (Å²) in [5.74, 6) is 0.540. The van der Waals surface area contributed by atoms with Gasteiger partial charge in [0.1, 0.15) is 11.2 Å². The van der Waals surface area contributed by atoms with E-state index in [1.807, 2.05) is 89.3 Å². The summed E-state index contributed by atoms with van der Waals surface area (Å²) < 4.78 is 20.0. The average Bonchev–Trinajstić information content (AvgIpc) is 3.59. The Morgan fingerprint density at radius 3 is 1.46 bits per heavy atom. The minimum absolute atomic E-state index is 0.317. The number of ether oxygens (including phenoxy) is 2. The van der Waals surface area contributed by atoms with Crippen LogP contribution in [0.4, 0.5) is 0 Å². The van der Waals surface area contributed by atoms with E-state index in [0.717, 1.165) is 10.2 Å². The lowest BCUT2D eigenvalue weighted by molar-refractivity contribution is 0.00457. The van der Waals surface area contributed by atoms with Crippen molar-refractivity contribution in [2.45, 2.75) is 94.3 Å². The van der Waals surface area contributed by atoms with Gasteiger partial charge in [0.05, 0.1) is 57.6 Å². The molecule has 0 aromatic carbocycles. The molecule has 0 unspecified atom stereocenters. The first-order valence-corrected chi connectivity index (χ1v) is 17.4. The van der Waals surface area contributed by atoms with Gasteiger partial charge in [-0.05, 0) is 71.3 Å². The molecule has 13 nitrogen and oxygen atoms in total. The lowest BCUT2D eigenvalue weighted by Gasteiger charge is -2.19. The van der Waals surface area contributed by atoms with Crippen molar-refractivity contribution in [2.24, 2.45) is 14.1 Å². The molecule has 0 aliphatic rings. The molecule has 0 amide bonds. The van der Waals surface area contributed by atoms with E-state index in [-0.39, 0.29) is 0 Å². The minimum Gasteiger partial charge on any atom is -0.455 e. The van der Waals surface area contributed by atoms with Crippen LogP contribution in [0.3, 0.4) is 0 Å². The largest absolute Gasteiger partial charge is 0.455 e. The van der Waals surface area contributed by atoms with Gasteiger partial charge in [0.15, 0.2) is 28.8 Å². The zero-order chi connectivity index (χ0) is 37.0. The van der Waals surface area contributed by atoms with Crippen LogP contribution in [0.2, 0.25) is 0 Å². The van der Waals surface area contributed by atoms with E-state index in [1.165, 1.54) is 21.4 Å². The number of nitrogens with zero attached hydrogens (tertiary/aromatic N) is 8. The number of halogens is 1. The second kappa shape index (κ2) is 18.6. The zero-order valence-electron chi connectivity index (χ0n) is 30.7. The molecule has 0 N–H and O–H groups in total. The summed E-state index contributed by atoms with van der Waals surface area (Å²) in [7, 11) is 3.37. The van der Waals surface area contributed by atoms with Crippen LogP contribution in [0.5, 0.6) is 5.75 Å². The first kappa shape index (κ1) is 42.2. The van der Waals surface area contributed by atoms with Crippen LogP contribution < -0.4 is 4.18 Å². The fourth-order valence-corrected chi connectivity index (χ4v) is 4.21. The maximum atomic E-state index is 12.4. The molecule has 0 fully saturated rings. The van der Waals surface area contributed by atoms with Gasteiger partial charge in [-0.2, -0.15) is 10.2 Å². The van der Waals surface area contributed by atoms with Crippen molar-refractivity contribution >= 4 is 39.9 Å². The number of aryl methyl sites for hydroxylation is 4. The third-order valence-electron chi connectivity index (χ3n) is 5.57. The van der Waals surface area contributed by atoms with Gasteiger partial charge in [0.2, 0.25) is 0 Å². The van der Waals surface area contributed by atoms with Crippen molar-refractivity contribution in [2.75, 3.05) is 6.26 Å². The number of aromatic nitrogens is 8. The molecule has 4 aromatic heterocycles. The number of carbonyl (C=O) groups is 2. The van der Waals surface area contributed by atoms with Crippen LogP contribution in [0.25, 0.3) is 22.8 Å². The lowest BCUT2D eigenvalue weighted by Crippen LogP contribution is -2.25. The molecule has 0 spiro atoms. The lowest BCUT2D eigenvalue weighted by atomic mass is 10.2. The van der Waals surface area contributed by atoms with Gasteiger partial charge in [0.25, 0.3) is 0 Å². The summed E-state index contributed by atoms with van der Waals surface area (Å²) in [6.07, 6.45) is 8.18. The van der Waals surface area contributed by atoms with Crippen LogP contribution in [0, 0.1) is 13.8 Å². The standard InChI is InChI=1S/C15H20N4O3S.C14H17BrN4O2.2C2H6/c1-9-11(22-23-6)8-16-13(18-9)10-7-17-19(5)12(10)14(20)21-15(2,3)4;1-8-10(15)7-16-12(18-8)9-6-17-19(5)11(9)13(20)21-14(2,3)4;2*1-2/h7-8H,1-6H3;6-7H,1-5H3;2*1-2H3. The second-order valence-electron chi connectivity index (χ2n) is 11.6. The normalized spacial score (nSPS) is 10.8. The smallest absolute Gasteiger partial charge is 0.357 e. The van der Waals surface area contributed by atoms with Crippen LogP contribution in [-0.4, -0.2) is 68.9 Å². The molecule has 0 saturated heterocycles. The van der Waals surface area contributed by atoms with Gasteiger partial charge in [0, 0.05) is 26.5 Å². The van der Waals surface area contributed by atoms with Crippen molar-refractivity contribution in [3.63, 3.8) is 0 Å². The fraction of sp³-hybridized carbons (Fsp3) is 0.515. The van der Waals surface area contributed by atoms with E-state index in [9.17, 15) is 9.59 Å². The highest BCUT2D eigenvalue weighted by atomic mass is 79.9.